The van der Waals surface area contributed by atoms with Crippen LogP contribution < -0.4 is 4.74 Å². The van der Waals surface area contributed by atoms with Crippen molar-refractivity contribution in [1.82, 2.24) is 4.47 Å². The second-order valence-electron chi connectivity index (χ2n) is 3.51. The van der Waals surface area contributed by atoms with Crippen molar-refractivity contribution < 1.29 is 18.0 Å². The number of nitrogens with zero attached hydrogens (tertiary/aromatic N) is 1. The molecule has 0 saturated carbocycles. The summed E-state index contributed by atoms with van der Waals surface area (Å²) in [7, 11) is -2.03. The molecular weight excluding hydrogens is 310 g/mol. The standard InChI is InChI=1S/C10H12BrNO4S/c1-15-10-4-3-8(7-9(10)11)17(13,14)12-5-2-6-16-12/h3-4,7H,2,5-6H2,1H3. The van der Waals surface area contributed by atoms with Crippen molar-refractivity contribution in [3.63, 3.8) is 0 Å². The Kier molecular flexibility index (Phi) is 3.72. The molecule has 1 aromatic rings. The van der Waals surface area contributed by atoms with Crippen molar-refractivity contribution in [1.29, 1.82) is 0 Å². The number of sulfonamides is 1. The number of rotatable bonds is 3. The SMILES string of the molecule is COc1ccc(S(=O)(=O)N2CCCO2)cc1Br. The van der Waals surface area contributed by atoms with Crippen LogP contribution in [0, 0.1) is 0 Å². The predicted octanol–water partition coefficient (Wildman–Crippen LogP) is 1.78. The third-order valence-corrected chi connectivity index (χ3v) is 4.70. The Morgan fingerprint density at radius 3 is 2.76 bits per heavy atom. The van der Waals surface area contributed by atoms with E-state index in [4.69, 9.17) is 9.57 Å². The smallest absolute Gasteiger partial charge is 0.265 e. The number of methoxy groups -OCH3 is 1. The van der Waals surface area contributed by atoms with E-state index >= 15 is 0 Å². The quantitative estimate of drug-likeness (QED) is 0.851. The fourth-order valence-electron chi connectivity index (χ4n) is 1.54. The molecular formula is C10H12BrNO4S. The minimum Gasteiger partial charge on any atom is -0.496 e. The van der Waals surface area contributed by atoms with Gasteiger partial charge in [0.25, 0.3) is 10.0 Å². The van der Waals surface area contributed by atoms with Crippen LogP contribution in [0.5, 0.6) is 5.75 Å². The zero-order valence-corrected chi connectivity index (χ0v) is 11.6. The summed E-state index contributed by atoms with van der Waals surface area (Å²) in [6, 6.07) is 4.61. The van der Waals surface area contributed by atoms with E-state index < -0.39 is 10.0 Å². The molecule has 1 fully saturated rings. The van der Waals surface area contributed by atoms with Crippen LogP contribution in [0.2, 0.25) is 0 Å². The van der Waals surface area contributed by atoms with E-state index in [9.17, 15) is 8.42 Å². The molecule has 1 aliphatic heterocycles. The average molecular weight is 322 g/mol. The molecule has 94 valence electrons. The second kappa shape index (κ2) is 4.93. The molecule has 1 saturated heterocycles. The summed E-state index contributed by atoms with van der Waals surface area (Å²) in [5.41, 5.74) is 0. The minimum absolute atomic E-state index is 0.187. The van der Waals surface area contributed by atoms with Gasteiger partial charge < -0.3 is 4.74 Å². The largest absolute Gasteiger partial charge is 0.496 e. The number of hydrogen-bond acceptors (Lipinski definition) is 4. The van der Waals surface area contributed by atoms with Crippen molar-refractivity contribution in [2.24, 2.45) is 0 Å². The Balaban J connectivity index is 2.36. The maximum atomic E-state index is 12.1. The maximum absolute atomic E-state index is 12.1. The summed E-state index contributed by atoms with van der Waals surface area (Å²) in [6.45, 7) is 0.836. The second-order valence-corrected chi connectivity index (χ2v) is 6.20. The normalized spacial score (nSPS) is 17.3. The highest BCUT2D eigenvalue weighted by Gasteiger charge is 2.29. The number of halogens is 1. The topological polar surface area (TPSA) is 55.8 Å². The van der Waals surface area contributed by atoms with E-state index in [1.54, 1.807) is 6.07 Å². The van der Waals surface area contributed by atoms with Crippen LogP contribution in [-0.4, -0.2) is 33.1 Å². The Hall–Kier alpha value is -0.630. The third-order valence-electron chi connectivity index (χ3n) is 2.41. The van der Waals surface area contributed by atoms with Gasteiger partial charge in [-0.2, -0.15) is 0 Å². The summed E-state index contributed by atoms with van der Waals surface area (Å²) in [5, 5.41) is 0. The summed E-state index contributed by atoms with van der Waals surface area (Å²) < 4.78 is 30.9. The molecule has 1 aliphatic rings. The van der Waals surface area contributed by atoms with Gasteiger partial charge in [-0.3, -0.25) is 4.84 Å². The fourth-order valence-corrected chi connectivity index (χ4v) is 3.56. The molecule has 5 nitrogen and oxygen atoms in total. The molecule has 0 radical (unpaired) electrons. The molecule has 7 heteroatoms. The van der Waals surface area contributed by atoms with Crippen LogP contribution in [-0.2, 0) is 14.9 Å². The molecule has 1 heterocycles. The zero-order chi connectivity index (χ0) is 12.5. The van der Waals surface area contributed by atoms with Gasteiger partial charge in [-0.25, -0.2) is 8.42 Å². The highest BCUT2D eigenvalue weighted by atomic mass is 79.9. The first kappa shape index (κ1) is 12.8. The van der Waals surface area contributed by atoms with Gasteiger partial charge in [0.15, 0.2) is 0 Å². The first-order chi connectivity index (χ1) is 8.05. The van der Waals surface area contributed by atoms with E-state index in [1.165, 1.54) is 19.2 Å². The summed E-state index contributed by atoms with van der Waals surface area (Å²) in [6.07, 6.45) is 0.719. The van der Waals surface area contributed by atoms with Gasteiger partial charge in [-0.1, -0.05) is 4.47 Å². The van der Waals surface area contributed by atoms with Crippen molar-refractivity contribution in [2.45, 2.75) is 11.3 Å². The highest BCUT2D eigenvalue weighted by Crippen LogP contribution is 2.29. The Bertz CT molecular complexity index is 511. The lowest BCUT2D eigenvalue weighted by Gasteiger charge is -2.14. The Morgan fingerprint density at radius 1 is 1.47 bits per heavy atom. The lowest BCUT2D eigenvalue weighted by molar-refractivity contribution is -0.0284. The lowest BCUT2D eigenvalue weighted by Crippen LogP contribution is -2.26. The predicted molar refractivity (Wildman–Crippen MR) is 65.2 cm³/mol. The monoisotopic (exact) mass is 321 g/mol. The number of hydroxylamine groups is 1. The van der Waals surface area contributed by atoms with E-state index in [2.05, 4.69) is 15.9 Å². The summed E-state index contributed by atoms with van der Waals surface area (Å²) in [5.74, 6) is 0.589. The number of benzene rings is 1. The van der Waals surface area contributed by atoms with Crippen LogP contribution in [0.1, 0.15) is 6.42 Å². The molecule has 0 N–H and O–H groups in total. The van der Waals surface area contributed by atoms with Crippen molar-refractivity contribution in [3.05, 3.63) is 22.7 Å². The van der Waals surface area contributed by atoms with Gasteiger partial charge in [-0.05, 0) is 40.5 Å². The molecule has 1 aromatic carbocycles. The Labute approximate surface area is 108 Å². The fraction of sp³-hybridized carbons (Fsp3) is 0.400. The van der Waals surface area contributed by atoms with Gasteiger partial charge in [-0.15, -0.1) is 0 Å². The third kappa shape index (κ3) is 2.47. The average Bonchev–Trinajstić information content (AvgIpc) is 2.83. The summed E-state index contributed by atoms with van der Waals surface area (Å²) in [4.78, 5) is 5.25. The number of hydrogen-bond donors (Lipinski definition) is 0. The number of ether oxygens (including phenoxy) is 1. The molecule has 0 atom stereocenters. The minimum atomic E-state index is -3.56. The highest BCUT2D eigenvalue weighted by molar-refractivity contribution is 9.10. The lowest BCUT2D eigenvalue weighted by atomic mass is 10.3. The van der Waals surface area contributed by atoms with Gasteiger partial charge in [0.2, 0.25) is 0 Å². The first-order valence-electron chi connectivity index (χ1n) is 5.05. The summed E-state index contributed by atoms with van der Waals surface area (Å²) >= 11 is 3.26. The Morgan fingerprint density at radius 2 is 2.24 bits per heavy atom. The van der Waals surface area contributed by atoms with Crippen molar-refractivity contribution in [2.75, 3.05) is 20.3 Å². The van der Waals surface area contributed by atoms with Crippen LogP contribution >= 0.6 is 15.9 Å². The van der Waals surface area contributed by atoms with Crippen LogP contribution in [0.25, 0.3) is 0 Å². The molecule has 0 bridgehead atoms. The maximum Gasteiger partial charge on any atom is 0.265 e. The first-order valence-corrected chi connectivity index (χ1v) is 7.28. The molecule has 17 heavy (non-hydrogen) atoms. The van der Waals surface area contributed by atoms with Crippen LogP contribution in [0.15, 0.2) is 27.6 Å². The molecule has 0 aliphatic carbocycles. The van der Waals surface area contributed by atoms with E-state index in [1.807, 2.05) is 0 Å². The van der Waals surface area contributed by atoms with E-state index in [0.717, 1.165) is 10.9 Å². The van der Waals surface area contributed by atoms with Gasteiger partial charge in [0.05, 0.1) is 23.1 Å². The van der Waals surface area contributed by atoms with Crippen molar-refractivity contribution in [3.8, 4) is 5.75 Å². The van der Waals surface area contributed by atoms with Gasteiger partial charge in [0, 0.05) is 6.54 Å². The van der Waals surface area contributed by atoms with Crippen LogP contribution in [0.4, 0.5) is 0 Å². The molecule has 2 rings (SSSR count). The molecule has 0 amide bonds. The van der Waals surface area contributed by atoms with Crippen molar-refractivity contribution >= 4 is 26.0 Å². The zero-order valence-electron chi connectivity index (χ0n) is 9.22. The van der Waals surface area contributed by atoms with E-state index in [0.29, 0.717) is 23.4 Å². The van der Waals surface area contributed by atoms with Crippen LogP contribution in [0.3, 0.4) is 0 Å². The molecule has 0 spiro atoms. The van der Waals surface area contributed by atoms with Gasteiger partial charge in [0.1, 0.15) is 5.75 Å². The van der Waals surface area contributed by atoms with E-state index in [-0.39, 0.29) is 4.90 Å². The molecule has 0 aromatic heterocycles. The molecule has 0 unspecified atom stereocenters. The van der Waals surface area contributed by atoms with Gasteiger partial charge >= 0.3 is 0 Å².